The van der Waals surface area contributed by atoms with Crippen molar-refractivity contribution < 1.29 is 15.0 Å². The number of anilines is 1. The van der Waals surface area contributed by atoms with E-state index in [1.807, 2.05) is 24.3 Å². The molecule has 0 unspecified atom stereocenters. The van der Waals surface area contributed by atoms with Crippen molar-refractivity contribution in [1.82, 2.24) is 4.98 Å². The van der Waals surface area contributed by atoms with Crippen molar-refractivity contribution >= 4 is 23.4 Å². The van der Waals surface area contributed by atoms with Crippen LogP contribution >= 0.6 is 11.6 Å². The predicted molar refractivity (Wildman–Crippen MR) is 75.9 cm³/mol. The molecule has 0 radical (unpaired) electrons. The van der Waals surface area contributed by atoms with Crippen LogP contribution in [0.4, 0.5) is 5.82 Å². The van der Waals surface area contributed by atoms with E-state index in [0.29, 0.717) is 12.4 Å². The Bertz CT molecular complexity index is 632. The molecule has 0 bridgehead atoms. The number of hydrogen-bond acceptors (Lipinski definition) is 4. The highest BCUT2D eigenvalue weighted by Gasteiger charge is 2.07. The van der Waals surface area contributed by atoms with Crippen LogP contribution in [-0.4, -0.2) is 21.2 Å². The lowest BCUT2D eigenvalue weighted by Crippen LogP contribution is -2.05. The maximum atomic E-state index is 10.9. The van der Waals surface area contributed by atoms with Gasteiger partial charge in [0.25, 0.3) is 0 Å². The Morgan fingerprint density at radius 1 is 1.25 bits per heavy atom. The molecule has 0 spiro atoms. The fourth-order valence-electron chi connectivity index (χ4n) is 1.74. The number of aromatic carboxylic acids is 1. The van der Waals surface area contributed by atoms with Crippen LogP contribution in [0.5, 0.6) is 0 Å². The lowest BCUT2D eigenvalue weighted by molar-refractivity contribution is 0.0697. The standard InChI is InChI=1S/C14H13ClN2O3/c15-12-5-11(14(19)20)6-13(17-12)16-7-9-2-1-3-10(4-9)8-18/h1-6,18H,7-8H2,(H,16,17)(H,19,20). The van der Waals surface area contributed by atoms with Gasteiger partial charge in [0, 0.05) is 6.54 Å². The zero-order valence-electron chi connectivity index (χ0n) is 10.5. The summed E-state index contributed by atoms with van der Waals surface area (Å²) in [5.74, 6) is -0.663. The Morgan fingerprint density at radius 3 is 2.70 bits per heavy atom. The number of aliphatic hydroxyl groups excluding tert-OH is 1. The fourth-order valence-corrected chi connectivity index (χ4v) is 1.95. The molecule has 0 fully saturated rings. The third-order valence-electron chi connectivity index (χ3n) is 2.69. The first kappa shape index (κ1) is 14.3. The van der Waals surface area contributed by atoms with Gasteiger partial charge in [-0.3, -0.25) is 0 Å². The number of carboxylic acid groups (broad SMARTS) is 1. The molecule has 1 aromatic heterocycles. The van der Waals surface area contributed by atoms with Crippen molar-refractivity contribution in [1.29, 1.82) is 0 Å². The number of nitrogens with one attached hydrogen (secondary N) is 1. The number of aromatic nitrogens is 1. The van der Waals surface area contributed by atoms with Crippen molar-refractivity contribution in [2.45, 2.75) is 13.2 Å². The van der Waals surface area contributed by atoms with E-state index >= 15 is 0 Å². The second-order valence-electron chi connectivity index (χ2n) is 4.20. The van der Waals surface area contributed by atoms with Crippen molar-refractivity contribution in [2.24, 2.45) is 0 Å². The van der Waals surface area contributed by atoms with Crippen LogP contribution in [0.25, 0.3) is 0 Å². The summed E-state index contributed by atoms with van der Waals surface area (Å²) in [6.45, 7) is 0.437. The molecular weight excluding hydrogens is 280 g/mol. The molecule has 0 saturated carbocycles. The molecule has 0 saturated heterocycles. The summed E-state index contributed by atoms with van der Waals surface area (Å²) in [6, 6.07) is 10.1. The monoisotopic (exact) mass is 292 g/mol. The largest absolute Gasteiger partial charge is 0.478 e. The number of carboxylic acids is 1. The summed E-state index contributed by atoms with van der Waals surface area (Å²) in [4.78, 5) is 14.9. The SMILES string of the molecule is O=C(O)c1cc(Cl)nc(NCc2cccc(CO)c2)c1. The van der Waals surface area contributed by atoms with Crippen LogP contribution < -0.4 is 5.32 Å². The minimum Gasteiger partial charge on any atom is -0.478 e. The summed E-state index contributed by atoms with van der Waals surface area (Å²) in [6.07, 6.45) is 0. The highest BCUT2D eigenvalue weighted by atomic mass is 35.5. The molecule has 0 amide bonds. The van der Waals surface area contributed by atoms with E-state index in [9.17, 15) is 4.79 Å². The van der Waals surface area contributed by atoms with Gasteiger partial charge in [0.2, 0.25) is 0 Å². The number of pyridine rings is 1. The van der Waals surface area contributed by atoms with Crippen molar-refractivity contribution in [2.75, 3.05) is 5.32 Å². The Hall–Kier alpha value is -2.11. The summed E-state index contributed by atoms with van der Waals surface area (Å²) in [5.41, 5.74) is 1.85. The Kier molecular flexibility index (Phi) is 4.55. The molecule has 0 aliphatic carbocycles. The number of carbonyl (C=O) groups is 1. The number of benzene rings is 1. The van der Waals surface area contributed by atoms with Crippen LogP contribution in [0.1, 0.15) is 21.5 Å². The number of aliphatic hydroxyl groups is 1. The van der Waals surface area contributed by atoms with E-state index < -0.39 is 5.97 Å². The van der Waals surface area contributed by atoms with Gasteiger partial charge in [-0.05, 0) is 23.3 Å². The van der Waals surface area contributed by atoms with Gasteiger partial charge in [-0.2, -0.15) is 0 Å². The number of rotatable bonds is 5. The van der Waals surface area contributed by atoms with Crippen LogP contribution in [0.2, 0.25) is 5.15 Å². The third-order valence-corrected chi connectivity index (χ3v) is 2.88. The second-order valence-corrected chi connectivity index (χ2v) is 4.59. The molecule has 1 heterocycles. The van der Waals surface area contributed by atoms with E-state index in [0.717, 1.165) is 11.1 Å². The molecule has 0 aliphatic heterocycles. The van der Waals surface area contributed by atoms with E-state index in [4.69, 9.17) is 21.8 Å². The lowest BCUT2D eigenvalue weighted by Gasteiger charge is -2.08. The highest BCUT2D eigenvalue weighted by molar-refractivity contribution is 6.29. The second kappa shape index (κ2) is 6.36. The zero-order valence-corrected chi connectivity index (χ0v) is 11.3. The molecule has 0 aliphatic rings. The molecule has 6 heteroatoms. The molecule has 1 aromatic carbocycles. The highest BCUT2D eigenvalue weighted by Crippen LogP contribution is 2.16. The molecule has 2 aromatic rings. The van der Waals surface area contributed by atoms with Crippen LogP contribution in [0, 0.1) is 0 Å². The average molecular weight is 293 g/mol. The zero-order chi connectivity index (χ0) is 14.5. The van der Waals surface area contributed by atoms with Gasteiger partial charge < -0.3 is 15.5 Å². The maximum absolute atomic E-state index is 10.9. The van der Waals surface area contributed by atoms with Crippen molar-refractivity contribution in [3.05, 3.63) is 58.2 Å². The Labute approximate surface area is 120 Å². The van der Waals surface area contributed by atoms with E-state index in [-0.39, 0.29) is 17.3 Å². The Morgan fingerprint density at radius 2 is 2.00 bits per heavy atom. The lowest BCUT2D eigenvalue weighted by atomic mass is 10.1. The van der Waals surface area contributed by atoms with E-state index in [2.05, 4.69) is 10.3 Å². The van der Waals surface area contributed by atoms with Crippen molar-refractivity contribution in [3.8, 4) is 0 Å². The molecule has 2 rings (SSSR count). The number of nitrogens with zero attached hydrogens (tertiary/aromatic N) is 1. The topological polar surface area (TPSA) is 82.5 Å². The average Bonchev–Trinajstić information content (AvgIpc) is 2.44. The number of hydrogen-bond donors (Lipinski definition) is 3. The molecule has 3 N–H and O–H groups in total. The first-order valence-electron chi connectivity index (χ1n) is 5.92. The third kappa shape index (κ3) is 3.69. The summed E-state index contributed by atoms with van der Waals surface area (Å²) >= 11 is 5.78. The molecule has 20 heavy (non-hydrogen) atoms. The minimum absolute atomic E-state index is 0.0214. The maximum Gasteiger partial charge on any atom is 0.335 e. The first-order chi connectivity index (χ1) is 9.58. The van der Waals surface area contributed by atoms with Gasteiger partial charge in [0.1, 0.15) is 11.0 Å². The van der Waals surface area contributed by atoms with Gasteiger partial charge >= 0.3 is 5.97 Å². The van der Waals surface area contributed by atoms with Gasteiger partial charge in [-0.1, -0.05) is 35.9 Å². The van der Waals surface area contributed by atoms with Crippen LogP contribution in [0.3, 0.4) is 0 Å². The van der Waals surface area contributed by atoms with Crippen LogP contribution in [-0.2, 0) is 13.2 Å². The summed E-state index contributed by atoms with van der Waals surface area (Å²) in [5, 5.41) is 21.1. The van der Waals surface area contributed by atoms with E-state index in [1.165, 1.54) is 12.1 Å². The first-order valence-corrected chi connectivity index (χ1v) is 6.29. The predicted octanol–water partition coefficient (Wildman–Crippen LogP) is 2.54. The number of halogens is 1. The van der Waals surface area contributed by atoms with Gasteiger partial charge in [0.05, 0.1) is 12.2 Å². The Balaban J connectivity index is 2.12. The quantitative estimate of drug-likeness (QED) is 0.738. The van der Waals surface area contributed by atoms with E-state index in [1.54, 1.807) is 0 Å². The molecular formula is C14H13ClN2O3. The van der Waals surface area contributed by atoms with Gasteiger partial charge in [-0.25, -0.2) is 9.78 Å². The molecule has 5 nitrogen and oxygen atoms in total. The minimum atomic E-state index is -1.06. The van der Waals surface area contributed by atoms with Gasteiger partial charge in [-0.15, -0.1) is 0 Å². The molecule has 104 valence electrons. The smallest absolute Gasteiger partial charge is 0.335 e. The summed E-state index contributed by atoms with van der Waals surface area (Å²) < 4.78 is 0. The van der Waals surface area contributed by atoms with Crippen molar-refractivity contribution in [3.63, 3.8) is 0 Å². The van der Waals surface area contributed by atoms with Crippen LogP contribution in [0.15, 0.2) is 36.4 Å². The normalized spacial score (nSPS) is 10.3. The summed E-state index contributed by atoms with van der Waals surface area (Å²) in [7, 11) is 0. The van der Waals surface area contributed by atoms with Gasteiger partial charge in [0.15, 0.2) is 0 Å². The fraction of sp³-hybridized carbons (Fsp3) is 0.143. The molecule has 0 atom stereocenters.